The van der Waals surface area contributed by atoms with Crippen molar-refractivity contribution >= 4 is 58.2 Å². The molecule has 37 heavy (non-hydrogen) atoms. The zero-order valence-electron chi connectivity index (χ0n) is 20.6. The van der Waals surface area contributed by atoms with Gasteiger partial charge in [0.25, 0.3) is 11.6 Å². The molecule has 0 unspecified atom stereocenters. The number of benzene rings is 2. The third-order valence-corrected chi connectivity index (χ3v) is 7.01. The highest BCUT2D eigenvalue weighted by Gasteiger charge is 2.27. The summed E-state index contributed by atoms with van der Waals surface area (Å²) in [4.78, 5) is 36.0. The lowest BCUT2D eigenvalue weighted by Gasteiger charge is -2.22. The van der Waals surface area contributed by atoms with Crippen LogP contribution in [0.25, 0.3) is 0 Å². The Balaban J connectivity index is 1.72. The lowest BCUT2D eigenvalue weighted by molar-refractivity contribution is -0.384. The number of carbonyl (C=O) groups is 2. The number of amides is 2. The van der Waals surface area contributed by atoms with Gasteiger partial charge in [-0.3, -0.25) is 19.7 Å². The minimum absolute atomic E-state index is 0.0178. The predicted molar refractivity (Wildman–Crippen MR) is 144 cm³/mol. The van der Waals surface area contributed by atoms with E-state index in [9.17, 15) is 19.7 Å². The zero-order valence-corrected chi connectivity index (χ0v) is 22.9. The van der Waals surface area contributed by atoms with Crippen LogP contribution < -0.4 is 10.6 Å². The van der Waals surface area contributed by atoms with E-state index in [1.54, 1.807) is 19.1 Å². The monoisotopic (exact) mass is 564 g/mol. The normalized spacial score (nSPS) is 11.9. The topological polar surface area (TPSA) is 132 Å². The molecule has 1 atom stereocenters. The maximum atomic E-state index is 13.0. The van der Waals surface area contributed by atoms with Gasteiger partial charge in [0.05, 0.1) is 27.3 Å². The number of hydrogen-bond acceptors (Lipinski definition) is 7. The fraction of sp³-hybridized carbons (Fsp3) is 0.333. The van der Waals surface area contributed by atoms with Crippen molar-refractivity contribution in [2.24, 2.45) is 5.92 Å². The van der Waals surface area contributed by atoms with Crippen molar-refractivity contribution in [3.05, 3.63) is 73.5 Å². The molecule has 2 N–H and O–H groups in total. The first-order chi connectivity index (χ1) is 17.5. The van der Waals surface area contributed by atoms with E-state index in [4.69, 9.17) is 23.2 Å². The van der Waals surface area contributed by atoms with E-state index in [-0.39, 0.29) is 34.2 Å². The fourth-order valence-corrected chi connectivity index (χ4v) is 4.88. The molecule has 0 aliphatic rings. The van der Waals surface area contributed by atoms with E-state index in [2.05, 4.69) is 20.8 Å². The fourth-order valence-electron chi connectivity index (χ4n) is 3.57. The lowest BCUT2D eigenvalue weighted by Crippen LogP contribution is -2.34. The summed E-state index contributed by atoms with van der Waals surface area (Å²) in [5.74, 6) is -0.0626. The number of aromatic nitrogens is 3. The molecule has 0 aliphatic heterocycles. The summed E-state index contributed by atoms with van der Waals surface area (Å²) in [6.45, 7) is 8.04. The van der Waals surface area contributed by atoms with Gasteiger partial charge in [0.1, 0.15) is 0 Å². The Hall–Kier alpha value is -3.15. The van der Waals surface area contributed by atoms with Crippen LogP contribution in [0.5, 0.6) is 0 Å². The number of carbonyl (C=O) groups excluding carboxylic acids is 2. The van der Waals surface area contributed by atoms with Crippen molar-refractivity contribution in [2.75, 3.05) is 11.1 Å². The average molecular weight is 565 g/mol. The molecule has 0 saturated heterocycles. The Labute approximate surface area is 228 Å². The van der Waals surface area contributed by atoms with Gasteiger partial charge in [-0.25, -0.2) is 0 Å². The molecular formula is C24H26Cl2N6O4S. The quantitative estimate of drug-likeness (QED) is 0.184. The van der Waals surface area contributed by atoms with Crippen LogP contribution in [0.4, 0.5) is 11.4 Å². The lowest BCUT2D eigenvalue weighted by atomic mass is 10.0. The Bertz CT molecular complexity index is 1330. The van der Waals surface area contributed by atoms with E-state index < -0.39 is 11.0 Å². The number of nitro benzene ring substituents is 1. The van der Waals surface area contributed by atoms with E-state index in [1.807, 2.05) is 25.3 Å². The van der Waals surface area contributed by atoms with Crippen LogP contribution in [0.15, 0.2) is 41.6 Å². The van der Waals surface area contributed by atoms with E-state index in [1.165, 1.54) is 36.0 Å². The molecule has 2 aromatic carbocycles. The highest BCUT2D eigenvalue weighted by atomic mass is 35.5. The number of non-ortho nitro benzene ring substituents is 1. The largest absolute Gasteiger partial charge is 0.342 e. The maximum absolute atomic E-state index is 13.0. The minimum Gasteiger partial charge on any atom is -0.342 e. The Morgan fingerprint density at radius 2 is 1.89 bits per heavy atom. The van der Waals surface area contributed by atoms with Crippen LogP contribution in [-0.4, -0.2) is 37.3 Å². The molecular weight excluding hydrogens is 539 g/mol. The standard InChI is InChI=1S/C24H26Cl2N6O4S/c1-5-31-22(21(13(2)3)28-23(34)17-8-6-15(25)11-18(17)26)29-30-24(31)37-12-20(33)27-19-9-7-16(32(35)36)10-14(19)4/h6-11,13,21H,5,12H2,1-4H3,(H,27,33)(H,28,34)/t21-/m0/s1. The zero-order chi connectivity index (χ0) is 27.3. The van der Waals surface area contributed by atoms with Crippen LogP contribution in [-0.2, 0) is 11.3 Å². The van der Waals surface area contributed by atoms with Gasteiger partial charge in [0.2, 0.25) is 5.91 Å². The SMILES string of the molecule is CCn1c(SCC(=O)Nc2ccc([N+](=O)[O-])cc2C)nnc1[C@@H](NC(=O)c1ccc(Cl)cc1Cl)C(C)C. The minimum atomic E-state index is -0.486. The van der Waals surface area contributed by atoms with Crippen molar-refractivity contribution in [2.45, 2.75) is 45.4 Å². The summed E-state index contributed by atoms with van der Waals surface area (Å²) < 4.78 is 1.85. The molecule has 196 valence electrons. The van der Waals surface area contributed by atoms with Crippen molar-refractivity contribution in [3.63, 3.8) is 0 Å². The second kappa shape index (κ2) is 12.4. The van der Waals surface area contributed by atoms with E-state index >= 15 is 0 Å². The number of halogens is 2. The van der Waals surface area contributed by atoms with E-state index in [0.717, 1.165) is 0 Å². The van der Waals surface area contributed by atoms with Crippen LogP contribution in [0.1, 0.15) is 48.6 Å². The third-order valence-electron chi connectivity index (χ3n) is 5.50. The number of aryl methyl sites for hydroxylation is 1. The van der Waals surface area contributed by atoms with Gasteiger partial charge in [0.15, 0.2) is 11.0 Å². The summed E-state index contributed by atoms with van der Waals surface area (Å²) in [5.41, 5.74) is 1.34. The molecule has 0 fully saturated rings. The van der Waals surface area contributed by atoms with Gasteiger partial charge in [0, 0.05) is 29.4 Å². The number of rotatable bonds is 10. The Kier molecular flexibility index (Phi) is 9.52. The van der Waals surface area contributed by atoms with Gasteiger partial charge < -0.3 is 15.2 Å². The summed E-state index contributed by atoms with van der Waals surface area (Å²) in [5, 5.41) is 26.5. The van der Waals surface area contributed by atoms with Crippen molar-refractivity contribution in [1.82, 2.24) is 20.1 Å². The maximum Gasteiger partial charge on any atom is 0.269 e. The molecule has 10 nitrogen and oxygen atoms in total. The molecule has 3 aromatic rings. The van der Waals surface area contributed by atoms with Gasteiger partial charge in [-0.05, 0) is 49.6 Å². The number of nitrogens with zero attached hydrogens (tertiary/aromatic N) is 4. The van der Waals surface area contributed by atoms with E-state index in [0.29, 0.717) is 39.4 Å². The van der Waals surface area contributed by atoms with Crippen LogP contribution in [0.3, 0.4) is 0 Å². The number of hydrogen-bond donors (Lipinski definition) is 2. The molecule has 0 saturated carbocycles. The molecule has 0 bridgehead atoms. The van der Waals surface area contributed by atoms with Gasteiger partial charge in [-0.2, -0.15) is 0 Å². The number of anilines is 1. The molecule has 13 heteroatoms. The smallest absolute Gasteiger partial charge is 0.269 e. The number of nitrogens with one attached hydrogen (secondary N) is 2. The Morgan fingerprint density at radius 3 is 2.49 bits per heavy atom. The van der Waals surface area contributed by atoms with Crippen LogP contribution in [0.2, 0.25) is 10.0 Å². The van der Waals surface area contributed by atoms with Crippen molar-refractivity contribution < 1.29 is 14.5 Å². The second-order valence-corrected chi connectivity index (χ2v) is 10.3. The van der Waals surface area contributed by atoms with Gasteiger partial charge in [-0.15, -0.1) is 10.2 Å². The highest BCUT2D eigenvalue weighted by Crippen LogP contribution is 2.28. The average Bonchev–Trinajstić information content (AvgIpc) is 3.24. The summed E-state index contributed by atoms with van der Waals surface area (Å²) in [6.07, 6.45) is 0. The molecule has 3 rings (SSSR count). The third kappa shape index (κ3) is 7.00. The molecule has 1 heterocycles. The second-order valence-electron chi connectivity index (χ2n) is 8.50. The van der Waals surface area contributed by atoms with Gasteiger partial charge >= 0.3 is 0 Å². The molecule has 0 radical (unpaired) electrons. The first-order valence-electron chi connectivity index (χ1n) is 11.4. The van der Waals surface area contributed by atoms with Crippen LogP contribution >= 0.6 is 35.0 Å². The van der Waals surface area contributed by atoms with Crippen LogP contribution in [0, 0.1) is 23.0 Å². The molecule has 2 amide bonds. The van der Waals surface area contributed by atoms with Crippen molar-refractivity contribution in [3.8, 4) is 0 Å². The summed E-state index contributed by atoms with van der Waals surface area (Å²) in [7, 11) is 0. The highest BCUT2D eigenvalue weighted by molar-refractivity contribution is 7.99. The summed E-state index contributed by atoms with van der Waals surface area (Å²) in [6, 6.07) is 8.46. The molecule has 0 spiro atoms. The first-order valence-corrected chi connectivity index (χ1v) is 13.1. The molecule has 1 aromatic heterocycles. The number of nitro groups is 1. The first kappa shape index (κ1) is 28.4. The Morgan fingerprint density at radius 1 is 1.16 bits per heavy atom. The van der Waals surface area contributed by atoms with Gasteiger partial charge in [-0.1, -0.05) is 48.8 Å². The predicted octanol–water partition coefficient (Wildman–Crippen LogP) is 5.68. The number of thioether (sulfide) groups is 1. The van der Waals surface area contributed by atoms with Crippen molar-refractivity contribution in [1.29, 1.82) is 0 Å². The molecule has 0 aliphatic carbocycles. The summed E-state index contributed by atoms with van der Waals surface area (Å²) >= 11 is 13.4.